The van der Waals surface area contributed by atoms with Gasteiger partial charge in [0.05, 0.1) is 12.1 Å². The molecule has 0 radical (unpaired) electrons. The summed E-state index contributed by atoms with van der Waals surface area (Å²) in [6, 6.07) is 52.0. The minimum Gasteiger partial charge on any atom is -0.446 e. The van der Waals surface area contributed by atoms with E-state index in [0.29, 0.717) is 34.1 Å². The molecule has 19 N–H and O–H groups in total. The summed E-state index contributed by atoms with van der Waals surface area (Å²) >= 11 is 0. The highest BCUT2D eigenvalue weighted by atomic mass is 16.8. The van der Waals surface area contributed by atoms with Gasteiger partial charge in [0.1, 0.15) is 49.3 Å². The van der Waals surface area contributed by atoms with E-state index in [2.05, 4.69) is 37.2 Å². The van der Waals surface area contributed by atoms with E-state index in [0.717, 1.165) is 0 Å². The second-order valence-corrected chi connectivity index (χ2v) is 24.4. The summed E-state index contributed by atoms with van der Waals surface area (Å²) in [5.74, 6) is 0. The van der Waals surface area contributed by atoms with Gasteiger partial charge in [-0.3, -0.25) is 37.2 Å². The zero-order valence-electron chi connectivity index (χ0n) is 56.1. The molecule has 554 valence electrons. The molecule has 19 atom stereocenters. The van der Waals surface area contributed by atoms with Crippen molar-refractivity contribution >= 4 is 82.5 Å². The molecule has 7 aromatic rings. The zero-order chi connectivity index (χ0) is 73.8. The van der Waals surface area contributed by atoms with Crippen LogP contribution in [-0.2, 0) is 61.6 Å². The van der Waals surface area contributed by atoms with Crippen LogP contribution in [0.25, 0.3) is 0 Å². The lowest BCUT2D eigenvalue weighted by molar-refractivity contribution is -0.305. The van der Waals surface area contributed by atoms with E-state index < -0.39 is 179 Å². The van der Waals surface area contributed by atoms with Gasteiger partial charge in [0, 0.05) is 65.0 Å². The number of anilines is 7. The van der Waals surface area contributed by atoms with Crippen LogP contribution in [0.15, 0.2) is 212 Å². The quantitative estimate of drug-likeness (QED) is 0.0290. The number of para-hydroxylation sites is 7. The first-order chi connectivity index (χ1) is 50.9. The van der Waals surface area contributed by atoms with E-state index in [1.54, 1.807) is 212 Å². The molecule has 0 aromatic heterocycles. The number of benzene rings is 7. The van der Waals surface area contributed by atoms with Crippen molar-refractivity contribution < 1.29 is 95.1 Å². The normalized spacial score (nSPS) is 27.6. The highest BCUT2D eigenvalue weighted by Gasteiger charge is 2.59. The minimum absolute atomic E-state index is 0.186. The van der Waals surface area contributed by atoms with Crippen LogP contribution in [0.5, 0.6) is 0 Å². The van der Waals surface area contributed by atoms with Crippen LogP contribution in [0, 0.1) is 0 Å². The molecule has 1 aliphatic carbocycles. The SMILES string of the molecule is NC[C@@H]1O[C@H](O[C@H]2[C@@H](OC(=O)Nc3ccccc3)[C@H](O[C@@H]3[C@@H](OC(=O)Nc4ccccc4)[C@H](N)C[C@H](N)[C@H]3O[C@H]3O[C@H](CN)[C@@H](OC(=O)Nc4ccccc4)[C@H](OC(=O)Nc4ccccc4)[C@H]3N)O[C@@H]2COC(=O)Nc2ccccc2)[C@H](N)[C@@H](OC(=O)Nc2ccccc2)[C@@H]1OC(=O)Nc1ccccc1. The molecule has 3 saturated heterocycles. The van der Waals surface area contributed by atoms with Crippen molar-refractivity contribution in [2.75, 3.05) is 56.9 Å². The molecule has 1 saturated carbocycles. The number of rotatable bonds is 23. The van der Waals surface area contributed by atoms with Gasteiger partial charge in [0.25, 0.3) is 0 Å². The van der Waals surface area contributed by atoms with Gasteiger partial charge < -0.3 is 96.0 Å². The first-order valence-electron chi connectivity index (χ1n) is 33.5. The highest BCUT2D eigenvalue weighted by Crippen LogP contribution is 2.39. The Morgan fingerprint density at radius 2 is 0.552 bits per heavy atom. The van der Waals surface area contributed by atoms with Crippen LogP contribution in [-0.4, -0.2) is 179 Å². The molecule has 7 aromatic carbocycles. The molecule has 33 nitrogen and oxygen atoms in total. The number of nitrogens with two attached hydrogens (primary N) is 6. The molecule has 3 aliphatic heterocycles. The van der Waals surface area contributed by atoms with Crippen molar-refractivity contribution in [1.82, 2.24) is 0 Å². The van der Waals surface area contributed by atoms with Crippen LogP contribution in [0.3, 0.4) is 0 Å². The van der Waals surface area contributed by atoms with E-state index in [9.17, 15) is 33.6 Å². The lowest BCUT2D eigenvalue weighted by Crippen LogP contribution is -2.69. The van der Waals surface area contributed by atoms with Gasteiger partial charge in [-0.05, 0) is 91.3 Å². The predicted octanol–water partition coefficient (Wildman–Crippen LogP) is 6.90. The molecule has 0 unspecified atom stereocenters. The zero-order valence-corrected chi connectivity index (χ0v) is 56.1. The molecule has 7 amide bonds. The smallest absolute Gasteiger partial charge is 0.412 e. The Hall–Kier alpha value is -11.1. The highest BCUT2D eigenvalue weighted by molar-refractivity contribution is 5.88. The van der Waals surface area contributed by atoms with Gasteiger partial charge in [-0.1, -0.05) is 127 Å². The Morgan fingerprint density at radius 3 is 0.876 bits per heavy atom. The van der Waals surface area contributed by atoms with Gasteiger partial charge in [0.15, 0.2) is 49.4 Å². The van der Waals surface area contributed by atoms with Crippen LogP contribution < -0.4 is 71.6 Å². The second-order valence-electron chi connectivity index (χ2n) is 24.4. The Balaban J connectivity index is 0.965. The Labute approximate surface area is 601 Å². The number of hydrogen-bond donors (Lipinski definition) is 13. The van der Waals surface area contributed by atoms with Gasteiger partial charge in [-0.2, -0.15) is 0 Å². The second kappa shape index (κ2) is 36.4. The first-order valence-corrected chi connectivity index (χ1v) is 33.5. The molecule has 3 heterocycles. The maximum atomic E-state index is 14.6. The van der Waals surface area contributed by atoms with Gasteiger partial charge in [-0.15, -0.1) is 0 Å². The number of carbonyl (C=O) groups is 7. The van der Waals surface area contributed by atoms with Gasteiger partial charge in [-0.25, -0.2) is 33.6 Å². The van der Waals surface area contributed by atoms with Crippen LogP contribution in [0.2, 0.25) is 0 Å². The molecule has 0 spiro atoms. The maximum absolute atomic E-state index is 14.6. The van der Waals surface area contributed by atoms with E-state index >= 15 is 0 Å². The van der Waals surface area contributed by atoms with Gasteiger partial charge in [0.2, 0.25) is 0 Å². The van der Waals surface area contributed by atoms with Crippen LogP contribution >= 0.6 is 0 Å². The molecule has 4 aliphatic rings. The fraction of sp³-hybridized carbons (Fsp3) is 0.319. The topological polar surface area (TPSA) is 480 Å². The van der Waals surface area contributed by atoms with Crippen molar-refractivity contribution in [2.45, 2.75) is 123 Å². The third kappa shape index (κ3) is 20.4. The predicted molar refractivity (Wildman–Crippen MR) is 379 cm³/mol. The number of amides is 7. The summed E-state index contributed by atoms with van der Waals surface area (Å²) in [5, 5.41) is 18.5. The molecule has 105 heavy (non-hydrogen) atoms. The maximum Gasteiger partial charge on any atom is 0.412 e. The summed E-state index contributed by atoms with van der Waals surface area (Å²) in [6.45, 7) is -1.61. The fourth-order valence-corrected chi connectivity index (χ4v) is 12.1. The van der Waals surface area contributed by atoms with Crippen molar-refractivity contribution in [3.8, 4) is 0 Å². The Bertz CT molecular complexity index is 3960. The standard InChI is InChI=1S/C72H81N13O20/c73-37-49-56(101-68(88)81-42-26-12-3-13-27-42)59(103-70(90)83-44-30-16-5-17-31-44)52(77)63(94-49)97-54-47(75)36-48(76)55(100-67(87)80-41-24-10-2-11-25-41)61(54)99-65-62(105-72(92)85-46-34-20-7-21-35-46)58(51(96-65)39-93-66(86)79-40-22-8-1-9-23-40)98-64-53(78)60(104-71(91)84-45-32-18-6-19-33-45)57(50(38-74)95-64)102-69(89)82-43-28-14-4-15-29-43/h1-35,47-65H,36-39,73-78H2,(H,79,86)(H,80,87)(H,81,88)(H,82,89)(H,83,90)(H,84,91)(H,85,92)/t47-,48+,49+,50-,51+,52+,53+,54+,55-,56+,57+,58+,59+,60+,61-,62+,63+,64+,65-/m0/s1. The number of hydrogen-bond acceptors (Lipinski definition) is 26. The molecule has 4 fully saturated rings. The molecule has 33 heteroatoms. The summed E-state index contributed by atoms with van der Waals surface area (Å²) in [4.78, 5) is 98.3. The number of nitrogens with one attached hydrogen (secondary N) is 7. The number of ether oxygens (including phenoxy) is 13. The van der Waals surface area contributed by atoms with Crippen molar-refractivity contribution in [1.29, 1.82) is 0 Å². The van der Waals surface area contributed by atoms with Crippen LogP contribution in [0.4, 0.5) is 73.4 Å². The molecule has 11 rings (SSSR count). The molecule has 0 bridgehead atoms. The third-order valence-corrected chi connectivity index (χ3v) is 17.0. The van der Waals surface area contributed by atoms with Crippen molar-refractivity contribution in [2.24, 2.45) is 34.4 Å². The van der Waals surface area contributed by atoms with E-state index in [4.69, 9.17) is 96.0 Å². The fourth-order valence-electron chi connectivity index (χ4n) is 12.1. The minimum atomic E-state index is -1.98. The van der Waals surface area contributed by atoms with Crippen LogP contribution in [0.1, 0.15) is 6.42 Å². The lowest BCUT2D eigenvalue weighted by Gasteiger charge is -2.48. The van der Waals surface area contributed by atoms with E-state index in [-0.39, 0.29) is 12.1 Å². The van der Waals surface area contributed by atoms with E-state index in [1.165, 1.54) is 0 Å². The summed E-state index contributed by atoms with van der Waals surface area (Å²) in [7, 11) is 0. The Morgan fingerprint density at radius 1 is 0.295 bits per heavy atom. The largest absolute Gasteiger partial charge is 0.446 e. The van der Waals surface area contributed by atoms with E-state index in [1.807, 2.05) is 0 Å². The van der Waals surface area contributed by atoms with Gasteiger partial charge >= 0.3 is 42.7 Å². The summed E-state index contributed by atoms with van der Waals surface area (Å²) < 4.78 is 82.8. The summed E-state index contributed by atoms with van der Waals surface area (Å²) in [6.07, 6.45) is -32.6. The average Bonchev–Trinajstić information content (AvgIpc) is 1.74. The molecular weight excluding hydrogens is 1370 g/mol. The third-order valence-electron chi connectivity index (χ3n) is 17.0. The lowest BCUT2D eigenvalue weighted by atomic mass is 9.84. The monoisotopic (exact) mass is 1450 g/mol. The Kier molecular flexibility index (Phi) is 26.0. The van der Waals surface area contributed by atoms with Crippen molar-refractivity contribution in [3.05, 3.63) is 212 Å². The number of carbonyl (C=O) groups excluding carboxylic acids is 7. The van der Waals surface area contributed by atoms with Crippen molar-refractivity contribution in [3.63, 3.8) is 0 Å². The summed E-state index contributed by atoms with van der Waals surface area (Å²) in [5.41, 5.74) is 43.3. The average molecular weight is 1450 g/mol. The first kappa shape index (κ1) is 75.1. The molecular formula is C72H81N13O20.